The molecule has 5 nitrogen and oxygen atoms in total. The second-order valence-corrected chi connectivity index (χ2v) is 5.52. The Labute approximate surface area is 124 Å². The molecule has 0 radical (unpaired) electrons. The van der Waals surface area contributed by atoms with Gasteiger partial charge in [-0.25, -0.2) is 4.39 Å². The number of hydrogen-bond acceptors (Lipinski definition) is 5. The van der Waals surface area contributed by atoms with Crippen LogP contribution in [0.25, 0.3) is 11.5 Å². The quantitative estimate of drug-likeness (QED) is 0.902. The summed E-state index contributed by atoms with van der Waals surface area (Å²) in [5.74, 6) is 0.169. The van der Waals surface area contributed by atoms with Crippen LogP contribution >= 0.6 is 15.9 Å². The average Bonchev–Trinajstić information content (AvgIpc) is 2.84. The van der Waals surface area contributed by atoms with Crippen LogP contribution in [0.15, 0.2) is 27.2 Å². The van der Waals surface area contributed by atoms with Crippen LogP contribution in [0.4, 0.5) is 4.39 Å². The van der Waals surface area contributed by atoms with Crippen LogP contribution in [-0.2, 0) is 4.74 Å². The van der Waals surface area contributed by atoms with E-state index in [4.69, 9.17) is 15.0 Å². The summed E-state index contributed by atoms with van der Waals surface area (Å²) in [5, 5.41) is 3.80. The first-order chi connectivity index (χ1) is 9.45. The van der Waals surface area contributed by atoms with Gasteiger partial charge in [0.1, 0.15) is 5.82 Å². The number of hydrogen-bond donors (Lipinski definition) is 1. The Morgan fingerprint density at radius 3 is 2.80 bits per heavy atom. The maximum Gasteiger partial charge on any atom is 0.258 e. The van der Waals surface area contributed by atoms with Crippen molar-refractivity contribution in [1.82, 2.24) is 10.1 Å². The molecule has 0 saturated heterocycles. The summed E-state index contributed by atoms with van der Waals surface area (Å²) in [6.45, 7) is 4.13. The van der Waals surface area contributed by atoms with E-state index < -0.39 is 6.04 Å². The fraction of sp³-hybridized carbons (Fsp3) is 0.385. The van der Waals surface area contributed by atoms with Crippen molar-refractivity contribution in [3.8, 4) is 11.5 Å². The van der Waals surface area contributed by atoms with E-state index in [1.165, 1.54) is 12.1 Å². The fourth-order valence-electron chi connectivity index (χ4n) is 1.55. The minimum Gasteiger partial charge on any atom is -0.377 e. The number of aromatic nitrogens is 2. The van der Waals surface area contributed by atoms with Gasteiger partial charge in [0, 0.05) is 10.0 Å². The molecule has 0 bridgehead atoms. The molecule has 0 saturated carbocycles. The Morgan fingerprint density at radius 1 is 1.40 bits per heavy atom. The molecule has 2 rings (SSSR count). The van der Waals surface area contributed by atoms with Crippen LogP contribution in [-0.4, -0.2) is 22.9 Å². The van der Waals surface area contributed by atoms with Gasteiger partial charge in [0.15, 0.2) is 5.82 Å². The molecule has 0 aliphatic rings. The molecule has 0 spiro atoms. The third kappa shape index (κ3) is 3.84. The van der Waals surface area contributed by atoms with Crippen LogP contribution in [0.1, 0.15) is 25.7 Å². The van der Waals surface area contributed by atoms with Gasteiger partial charge in [0.05, 0.1) is 18.8 Å². The predicted octanol–water partition coefficient (Wildman–Crippen LogP) is 3.06. The van der Waals surface area contributed by atoms with E-state index in [0.29, 0.717) is 22.5 Å². The lowest BCUT2D eigenvalue weighted by Crippen LogP contribution is -2.20. The normalized spacial score (nSPS) is 12.9. The van der Waals surface area contributed by atoms with Crippen molar-refractivity contribution in [2.45, 2.75) is 26.0 Å². The average molecular weight is 344 g/mol. The lowest BCUT2D eigenvalue weighted by molar-refractivity contribution is 0.0665. The van der Waals surface area contributed by atoms with Gasteiger partial charge in [-0.1, -0.05) is 21.1 Å². The molecule has 1 aromatic heterocycles. The van der Waals surface area contributed by atoms with E-state index in [9.17, 15) is 4.39 Å². The van der Waals surface area contributed by atoms with Gasteiger partial charge >= 0.3 is 0 Å². The Bertz CT molecular complexity index is 568. The van der Waals surface area contributed by atoms with Crippen molar-refractivity contribution in [2.75, 3.05) is 6.61 Å². The highest BCUT2D eigenvalue weighted by molar-refractivity contribution is 9.10. The van der Waals surface area contributed by atoms with Gasteiger partial charge < -0.3 is 15.0 Å². The summed E-state index contributed by atoms with van der Waals surface area (Å²) in [5.41, 5.74) is 6.39. The molecule has 0 amide bonds. The number of halogens is 2. The molecule has 7 heteroatoms. The maximum atomic E-state index is 13.3. The Hall–Kier alpha value is -1.31. The van der Waals surface area contributed by atoms with Crippen LogP contribution in [0.3, 0.4) is 0 Å². The molecule has 1 heterocycles. The number of nitrogens with zero attached hydrogens (tertiary/aromatic N) is 2. The van der Waals surface area contributed by atoms with Crippen molar-refractivity contribution in [3.05, 3.63) is 34.3 Å². The van der Waals surface area contributed by atoms with Gasteiger partial charge in [-0.15, -0.1) is 0 Å². The molecule has 1 unspecified atom stereocenters. The van der Waals surface area contributed by atoms with Crippen molar-refractivity contribution in [1.29, 1.82) is 0 Å². The lowest BCUT2D eigenvalue weighted by Gasteiger charge is -2.10. The first-order valence-corrected chi connectivity index (χ1v) is 6.92. The SMILES string of the molecule is CC(C)OCC(N)c1noc(-c2cc(F)cc(Br)c2)n1. The van der Waals surface area contributed by atoms with Crippen molar-refractivity contribution < 1.29 is 13.7 Å². The second-order valence-electron chi connectivity index (χ2n) is 4.60. The Morgan fingerprint density at radius 2 is 2.15 bits per heavy atom. The van der Waals surface area contributed by atoms with Crippen LogP contribution in [0.2, 0.25) is 0 Å². The van der Waals surface area contributed by atoms with Crippen molar-refractivity contribution in [2.24, 2.45) is 5.73 Å². The van der Waals surface area contributed by atoms with Gasteiger partial charge in [-0.05, 0) is 32.0 Å². The van der Waals surface area contributed by atoms with Crippen molar-refractivity contribution >= 4 is 15.9 Å². The molecule has 108 valence electrons. The number of benzene rings is 1. The molecular formula is C13H15BrFN3O2. The molecular weight excluding hydrogens is 329 g/mol. The van der Waals surface area contributed by atoms with E-state index in [2.05, 4.69) is 26.1 Å². The number of nitrogens with two attached hydrogens (primary N) is 1. The Balaban J connectivity index is 2.15. The minimum absolute atomic E-state index is 0.0756. The zero-order valence-corrected chi connectivity index (χ0v) is 12.7. The minimum atomic E-state index is -0.480. The summed E-state index contributed by atoms with van der Waals surface area (Å²) in [7, 11) is 0. The molecule has 0 aliphatic heterocycles. The zero-order chi connectivity index (χ0) is 14.7. The number of rotatable bonds is 5. The molecule has 1 atom stereocenters. The second kappa shape index (κ2) is 6.43. The predicted molar refractivity (Wildman–Crippen MR) is 75.4 cm³/mol. The zero-order valence-electron chi connectivity index (χ0n) is 11.1. The monoisotopic (exact) mass is 343 g/mol. The summed E-state index contributed by atoms with van der Waals surface area (Å²) < 4.78 is 24.4. The van der Waals surface area contributed by atoms with E-state index in [1.54, 1.807) is 6.07 Å². The molecule has 2 aromatic rings. The standard InChI is InChI=1S/C13H15BrFN3O2/c1-7(2)19-6-11(16)12-17-13(20-18-12)8-3-9(14)5-10(15)4-8/h3-5,7,11H,6,16H2,1-2H3. The molecule has 0 fully saturated rings. The van der Waals surface area contributed by atoms with E-state index in [-0.39, 0.29) is 17.8 Å². The smallest absolute Gasteiger partial charge is 0.258 e. The fourth-order valence-corrected chi connectivity index (χ4v) is 2.02. The first-order valence-electron chi connectivity index (χ1n) is 6.13. The molecule has 1 aromatic carbocycles. The maximum absolute atomic E-state index is 13.3. The van der Waals surface area contributed by atoms with Gasteiger partial charge in [0.25, 0.3) is 5.89 Å². The van der Waals surface area contributed by atoms with Crippen LogP contribution in [0.5, 0.6) is 0 Å². The summed E-state index contributed by atoms with van der Waals surface area (Å²) in [6.07, 6.45) is 0.0756. The molecule has 20 heavy (non-hydrogen) atoms. The van der Waals surface area contributed by atoms with Crippen molar-refractivity contribution in [3.63, 3.8) is 0 Å². The highest BCUT2D eigenvalue weighted by Crippen LogP contribution is 2.24. The van der Waals surface area contributed by atoms with Gasteiger partial charge in [-0.3, -0.25) is 0 Å². The largest absolute Gasteiger partial charge is 0.377 e. The van der Waals surface area contributed by atoms with Gasteiger partial charge in [-0.2, -0.15) is 4.98 Å². The number of ether oxygens (including phenoxy) is 1. The molecule has 2 N–H and O–H groups in total. The van der Waals surface area contributed by atoms with Crippen LogP contribution < -0.4 is 5.73 Å². The summed E-state index contributed by atoms with van der Waals surface area (Å²) >= 11 is 3.21. The van der Waals surface area contributed by atoms with E-state index in [1.807, 2.05) is 13.8 Å². The molecule has 0 aliphatic carbocycles. The van der Waals surface area contributed by atoms with Gasteiger partial charge in [0.2, 0.25) is 0 Å². The topological polar surface area (TPSA) is 74.2 Å². The van der Waals surface area contributed by atoms with E-state index in [0.717, 1.165) is 0 Å². The lowest BCUT2D eigenvalue weighted by atomic mass is 10.2. The third-order valence-corrected chi connectivity index (χ3v) is 2.95. The highest BCUT2D eigenvalue weighted by atomic mass is 79.9. The third-order valence-electron chi connectivity index (χ3n) is 2.49. The van der Waals surface area contributed by atoms with Crippen LogP contribution in [0, 0.1) is 5.82 Å². The van der Waals surface area contributed by atoms with E-state index >= 15 is 0 Å². The summed E-state index contributed by atoms with van der Waals surface area (Å²) in [6, 6.07) is 3.88. The highest BCUT2D eigenvalue weighted by Gasteiger charge is 2.16. The Kier molecular flexibility index (Phi) is 4.85. The summed E-state index contributed by atoms with van der Waals surface area (Å²) in [4.78, 5) is 4.17. The first kappa shape index (κ1) is 15.1.